The molecule has 2 unspecified atom stereocenters. The number of fused-ring (bicyclic) bond motifs is 1. The van der Waals surface area contributed by atoms with Gasteiger partial charge in [0.2, 0.25) is 0 Å². The summed E-state index contributed by atoms with van der Waals surface area (Å²) >= 11 is 0. The number of piperazine rings is 1. The molecule has 134 valence electrons. The van der Waals surface area contributed by atoms with Gasteiger partial charge < -0.3 is 10.1 Å². The number of hydrazine groups is 1. The van der Waals surface area contributed by atoms with Crippen LogP contribution in [0.25, 0.3) is 0 Å². The molecule has 2 aromatic carbocycles. The van der Waals surface area contributed by atoms with Crippen LogP contribution in [0.2, 0.25) is 0 Å². The Morgan fingerprint density at radius 1 is 1.12 bits per heavy atom. The highest BCUT2D eigenvalue weighted by Gasteiger charge is 2.37. The van der Waals surface area contributed by atoms with E-state index in [1.165, 1.54) is 5.56 Å². The van der Waals surface area contributed by atoms with Crippen LogP contribution < -0.4 is 10.7 Å². The first kappa shape index (κ1) is 16.8. The van der Waals surface area contributed by atoms with E-state index in [9.17, 15) is 4.79 Å². The Morgan fingerprint density at radius 2 is 1.88 bits per heavy atom. The number of hydrogen-bond donors (Lipinski definition) is 2. The molecule has 26 heavy (non-hydrogen) atoms. The minimum absolute atomic E-state index is 0.00562. The van der Waals surface area contributed by atoms with E-state index in [1.807, 2.05) is 29.3 Å². The maximum absolute atomic E-state index is 12.2. The van der Waals surface area contributed by atoms with E-state index in [0.29, 0.717) is 25.5 Å². The van der Waals surface area contributed by atoms with Crippen LogP contribution in [-0.4, -0.2) is 30.1 Å². The van der Waals surface area contributed by atoms with E-state index >= 15 is 0 Å². The van der Waals surface area contributed by atoms with Gasteiger partial charge in [-0.1, -0.05) is 60.2 Å². The Hall–Kier alpha value is -2.63. The molecule has 2 N–H and O–H groups in total. The summed E-state index contributed by atoms with van der Waals surface area (Å²) in [4.78, 5) is 12.2. The van der Waals surface area contributed by atoms with Crippen LogP contribution >= 0.6 is 0 Å². The van der Waals surface area contributed by atoms with Gasteiger partial charge in [-0.25, -0.2) is 5.43 Å². The van der Waals surface area contributed by atoms with E-state index in [0.717, 1.165) is 11.1 Å². The summed E-state index contributed by atoms with van der Waals surface area (Å²) < 4.78 is 5.90. The molecule has 2 aliphatic rings. The third kappa shape index (κ3) is 3.49. The maximum Gasteiger partial charge on any atom is 0.268 e. The normalized spacial score (nSPS) is 22.0. The molecule has 5 nitrogen and oxygen atoms in total. The summed E-state index contributed by atoms with van der Waals surface area (Å²) in [6.45, 7) is 3.75. The quantitative estimate of drug-likeness (QED) is 0.871. The second-order valence-electron chi connectivity index (χ2n) is 6.80. The second kappa shape index (κ2) is 7.32. The van der Waals surface area contributed by atoms with E-state index in [1.54, 1.807) is 0 Å². The minimum atomic E-state index is -0.0357. The van der Waals surface area contributed by atoms with Crippen LogP contribution in [0.5, 0.6) is 0 Å². The average Bonchev–Trinajstić information content (AvgIpc) is 3.11. The third-order valence-corrected chi connectivity index (χ3v) is 4.82. The minimum Gasteiger partial charge on any atom is -0.374 e. The number of aryl methyl sites for hydroxylation is 1. The summed E-state index contributed by atoms with van der Waals surface area (Å²) in [6.07, 6.45) is 1.99. The van der Waals surface area contributed by atoms with Gasteiger partial charge in [0.1, 0.15) is 5.70 Å². The number of amides is 1. The summed E-state index contributed by atoms with van der Waals surface area (Å²) in [7, 11) is 0. The zero-order valence-corrected chi connectivity index (χ0v) is 14.8. The highest BCUT2D eigenvalue weighted by molar-refractivity contribution is 5.94. The molecule has 5 heteroatoms. The van der Waals surface area contributed by atoms with Crippen molar-refractivity contribution in [2.75, 3.05) is 13.2 Å². The van der Waals surface area contributed by atoms with Crippen molar-refractivity contribution in [3.63, 3.8) is 0 Å². The Kier molecular flexibility index (Phi) is 4.73. The molecule has 2 aromatic rings. The lowest BCUT2D eigenvalue weighted by atomic mass is 10.1. The molecule has 4 rings (SSSR count). The highest BCUT2D eigenvalue weighted by atomic mass is 16.5. The maximum atomic E-state index is 12.2. The molecule has 0 aliphatic carbocycles. The largest absolute Gasteiger partial charge is 0.374 e. The summed E-state index contributed by atoms with van der Waals surface area (Å²) in [6, 6.07) is 18.6. The molecule has 1 saturated heterocycles. The fraction of sp³-hybridized carbons (Fsp3) is 0.286. The number of nitrogens with zero attached hydrogens (tertiary/aromatic N) is 1. The number of carbonyl (C=O) groups excluding carboxylic acids is 1. The number of ether oxygens (including phenoxy) is 1. The van der Waals surface area contributed by atoms with E-state index < -0.39 is 0 Å². The van der Waals surface area contributed by atoms with Gasteiger partial charge in [0.05, 0.1) is 25.3 Å². The van der Waals surface area contributed by atoms with Gasteiger partial charge in [-0.05, 0) is 24.1 Å². The van der Waals surface area contributed by atoms with Crippen molar-refractivity contribution in [2.24, 2.45) is 0 Å². The lowest BCUT2D eigenvalue weighted by Gasteiger charge is -2.36. The Balaban J connectivity index is 1.42. The fourth-order valence-electron chi connectivity index (χ4n) is 3.34. The van der Waals surface area contributed by atoms with Crippen LogP contribution in [0.4, 0.5) is 0 Å². The first-order chi connectivity index (χ1) is 12.7. The van der Waals surface area contributed by atoms with Crippen molar-refractivity contribution in [3.8, 4) is 0 Å². The number of nitrogens with one attached hydrogen (secondary N) is 2. The average molecular weight is 349 g/mol. The van der Waals surface area contributed by atoms with Gasteiger partial charge in [0, 0.05) is 6.54 Å². The second-order valence-corrected chi connectivity index (χ2v) is 6.80. The van der Waals surface area contributed by atoms with Crippen molar-refractivity contribution < 1.29 is 9.53 Å². The monoisotopic (exact) mass is 349 g/mol. The first-order valence-electron chi connectivity index (χ1n) is 8.94. The fourth-order valence-corrected chi connectivity index (χ4v) is 3.34. The Labute approximate surface area is 153 Å². The molecule has 0 bridgehead atoms. The van der Waals surface area contributed by atoms with Gasteiger partial charge in [-0.15, -0.1) is 0 Å². The third-order valence-electron chi connectivity index (χ3n) is 4.82. The van der Waals surface area contributed by atoms with E-state index in [-0.39, 0.29) is 18.0 Å². The summed E-state index contributed by atoms with van der Waals surface area (Å²) in [5.41, 5.74) is 7.65. The number of carbonyl (C=O) groups is 1. The summed E-state index contributed by atoms with van der Waals surface area (Å²) in [5, 5.41) is 4.93. The van der Waals surface area contributed by atoms with Crippen molar-refractivity contribution >= 4 is 5.91 Å². The van der Waals surface area contributed by atoms with E-state index in [2.05, 4.69) is 54.1 Å². The number of rotatable bonds is 5. The Bertz CT molecular complexity index is 802. The highest BCUT2D eigenvalue weighted by Crippen LogP contribution is 2.28. The molecule has 0 radical (unpaired) electrons. The van der Waals surface area contributed by atoms with Crippen molar-refractivity contribution in [1.29, 1.82) is 0 Å². The van der Waals surface area contributed by atoms with Crippen LogP contribution in [0.15, 0.2) is 66.4 Å². The molecule has 0 aromatic heterocycles. The molecule has 1 amide bonds. The lowest BCUT2D eigenvalue weighted by molar-refractivity contribution is -0.122. The SMILES string of the molecule is Cc1ccc(C2C=C3C(=O)NCC(COCc4ccccc4)N3N2)cc1. The zero-order valence-electron chi connectivity index (χ0n) is 14.8. The van der Waals surface area contributed by atoms with Crippen molar-refractivity contribution in [3.05, 3.63) is 83.1 Å². The topological polar surface area (TPSA) is 53.6 Å². The molecular formula is C21H23N3O2. The van der Waals surface area contributed by atoms with Gasteiger partial charge >= 0.3 is 0 Å². The first-order valence-corrected chi connectivity index (χ1v) is 8.94. The number of hydrogen-bond acceptors (Lipinski definition) is 4. The predicted octanol–water partition coefficient (Wildman–Crippen LogP) is 2.46. The molecule has 2 atom stereocenters. The molecular weight excluding hydrogens is 326 g/mol. The molecule has 0 spiro atoms. The van der Waals surface area contributed by atoms with E-state index in [4.69, 9.17) is 4.74 Å². The van der Waals surface area contributed by atoms with Gasteiger partial charge in [0.15, 0.2) is 0 Å². The lowest BCUT2D eigenvalue weighted by Crippen LogP contribution is -2.56. The Morgan fingerprint density at radius 3 is 2.65 bits per heavy atom. The molecule has 2 aliphatic heterocycles. The standard InChI is InChI=1S/C21H23N3O2/c1-15-7-9-17(10-8-15)19-11-20-21(25)22-12-18(24(20)23-19)14-26-13-16-5-3-2-4-6-16/h2-11,18-19,23H,12-14H2,1H3,(H,22,25). The summed E-state index contributed by atoms with van der Waals surface area (Å²) in [5.74, 6) is -0.0357. The zero-order chi connectivity index (χ0) is 17.9. The van der Waals surface area contributed by atoms with Gasteiger partial charge in [-0.2, -0.15) is 0 Å². The smallest absolute Gasteiger partial charge is 0.268 e. The van der Waals surface area contributed by atoms with Gasteiger partial charge in [0.25, 0.3) is 5.91 Å². The van der Waals surface area contributed by atoms with Crippen LogP contribution in [0.3, 0.4) is 0 Å². The van der Waals surface area contributed by atoms with Crippen LogP contribution in [0, 0.1) is 6.92 Å². The predicted molar refractivity (Wildman–Crippen MR) is 99.9 cm³/mol. The number of benzene rings is 2. The van der Waals surface area contributed by atoms with Crippen LogP contribution in [0.1, 0.15) is 22.7 Å². The van der Waals surface area contributed by atoms with Crippen LogP contribution in [-0.2, 0) is 16.1 Å². The molecule has 0 saturated carbocycles. The van der Waals surface area contributed by atoms with Gasteiger partial charge in [-0.3, -0.25) is 9.80 Å². The van der Waals surface area contributed by atoms with Crippen molar-refractivity contribution in [2.45, 2.75) is 25.6 Å². The van der Waals surface area contributed by atoms with Crippen molar-refractivity contribution in [1.82, 2.24) is 15.8 Å². The molecule has 2 heterocycles. The molecule has 1 fully saturated rings.